The minimum Gasteiger partial charge on any atom is -0.351 e. The van der Waals surface area contributed by atoms with Crippen molar-refractivity contribution in [2.24, 2.45) is 0 Å². The van der Waals surface area contributed by atoms with Crippen molar-refractivity contribution in [3.8, 4) is 0 Å². The highest BCUT2D eigenvalue weighted by atomic mass is 15.2. The van der Waals surface area contributed by atoms with Gasteiger partial charge in [0.2, 0.25) is 0 Å². The average Bonchev–Trinajstić information content (AvgIpc) is 2.88. The van der Waals surface area contributed by atoms with Crippen LogP contribution in [0.2, 0.25) is 0 Å². The molecule has 90 valence electrons. The van der Waals surface area contributed by atoms with Crippen LogP contribution in [-0.4, -0.2) is 35.6 Å². The predicted octanol–water partition coefficient (Wildman–Crippen LogP) is 1.69. The molecule has 0 aromatic carbocycles. The Kier molecular flexibility index (Phi) is 4.02. The molecule has 3 heteroatoms. The first-order valence-electron chi connectivity index (χ1n) is 6.36. The standard InChI is InChI=1S/C13H23N3/c1-3-16-9-5-7-13(16)11-14-10-12-6-4-8-15(12)2/h5,7,9,12,14H,3-4,6,8,10-11H2,1-2H3. The van der Waals surface area contributed by atoms with Crippen LogP contribution in [0.25, 0.3) is 0 Å². The summed E-state index contributed by atoms with van der Waals surface area (Å²) >= 11 is 0. The smallest absolute Gasteiger partial charge is 0.0359 e. The number of rotatable bonds is 5. The molecule has 1 fully saturated rings. The first-order valence-corrected chi connectivity index (χ1v) is 6.36. The Balaban J connectivity index is 1.75. The fourth-order valence-electron chi connectivity index (χ4n) is 2.52. The molecule has 0 bridgehead atoms. The molecule has 0 spiro atoms. The van der Waals surface area contributed by atoms with Gasteiger partial charge in [0.05, 0.1) is 0 Å². The molecule has 0 radical (unpaired) electrons. The Morgan fingerprint density at radius 2 is 2.38 bits per heavy atom. The fourth-order valence-corrected chi connectivity index (χ4v) is 2.52. The lowest BCUT2D eigenvalue weighted by atomic mass is 10.2. The zero-order chi connectivity index (χ0) is 11.4. The number of hydrogen-bond acceptors (Lipinski definition) is 2. The summed E-state index contributed by atoms with van der Waals surface area (Å²) < 4.78 is 2.30. The van der Waals surface area contributed by atoms with Crippen molar-refractivity contribution in [2.45, 2.75) is 38.9 Å². The van der Waals surface area contributed by atoms with E-state index in [-0.39, 0.29) is 0 Å². The summed E-state index contributed by atoms with van der Waals surface area (Å²) in [5.74, 6) is 0. The van der Waals surface area contributed by atoms with Crippen molar-refractivity contribution in [2.75, 3.05) is 20.1 Å². The Morgan fingerprint density at radius 1 is 1.50 bits per heavy atom. The summed E-state index contributed by atoms with van der Waals surface area (Å²) in [6.45, 7) is 6.62. The van der Waals surface area contributed by atoms with Gasteiger partial charge in [-0.3, -0.25) is 0 Å². The van der Waals surface area contributed by atoms with Gasteiger partial charge >= 0.3 is 0 Å². The first-order chi connectivity index (χ1) is 7.81. The van der Waals surface area contributed by atoms with Crippen LogP contribution in [-0.2, 0) is 13.1 Å². The van der Waals surface area contributed by atoms with Crippen LogP contribution in [0.4, 0.5) is 0 Å². The number of likely N-dealkylation sites (tertiary alicyclic amines) is 1. The molecule has 0 aliphatic carbocycles. The zero-order valence-electron chi connectivity index (χ0n) is 10.4. The van der Waals surface area contributed by atoms with Crippen LogP contribution in [0.1, 0.15) is 25.5 Å². The molecule has 1 aromatic rings. The Morgan fingerprint density at radius 3 is 3.06 bits per heavy atom. The molecule has 1 aliphatic rings. The number of nitrogens with one attached hydrogen (secondary N) is 1. The number of likely N-dealkylation sites (N-methyl/N-ethyl adjacent to an activating group) is 1. The van der Waals surface area contributed by atoms with Crippen molar-refractivity contribution in [1.82, 2.24) is 14.8 Å². The Bertz CT molecular complexity index is 319. The van der Waals surface area contributed by atoms with E-state index >= 15 is 0 Å². The monoisotopic (exact) mass is 221 g/mol. The van der Waals surface area contributed by atoms with Crippen molar-refractivity contribution in [3.63, 3.8) is 0 Å². The van der Waals surface area contributed by atoms with Gasteiger partial charge in [-0.05, 0) is 45.5 Å². The minimum absolute atomic E-state index is 0.741. The van der Waals surface area contributed by atoms with Gasteiger partial charge < -0.3 is 14.8 Å². The molecular weight excluding hydrogens is 198 g/mol. The van der Waals surface area contributed by atoms with E-state index in [9.17, 15) is 0 Å². The van der Waals surface area contributed by atoms with E-state index in [0.717, 1.165) is 25.7 Å². The summed E-state index contributed by atoms with van der Waals surface area (Å²) in [6, 6.07) is 5.07. The van der Waals surface area contributed by atoms with Gasteiger partial charge in [-0.2, -0.15) is 0 Å². The third-order valence-corrected chi connectivity index (χ3v) is 3.62. The molecule has 1 aliphatic heterocycles. The van der Waals surface area contributed by atoms with Crippen molar-refractivity contribution in [3.05, 3.63) is 24.0 Å². The Labute approximate surface area is 98.4 Å². The third kappa shape index (κ3) is 2.66. The van der Waals surface area contributed by atoms with Crippen molar-refractivity contribution < 1.29 is 0 Å². The summed E-state index contributed by atoms with van der Waals surface area (Å²) in [5, 5.41) is 3.57. The number of hydrogen-bond donors (Lipinski definition) is 1. The molecule has 3 nitrogen and oxygen atoms in total. The highest BCUT2D eigenvalue weighted by Crippen LogP contribution is 2.13. The minimum atomic E-state index is 0.741. The highest BCUT2D eigenvalue weighted by molar-refractivity contribution is 5.06. The van der Waals surface area contributed by atoms with Gasteiger partial charge in [0.25, 0.3) is 0 Å². The van der Waals surface area contributed by atoms with Gasteiger partial charge in [0.15, 0.2) is 0 Å². The molecular formula is C13H23N3. The van der Waals surface area contributed by atoms with Gasteiger partial charge in [-0.25, -0.2) is 0 Å². The lowest BCUT2D eigenvalue weighted by Gasteiger charge is -2.19. The summed E-state index contributed by atoms with van der Waals surface area (Å²) in [6.07, 6.45) is 4.85. The second-order valence-electron chi connectivity index (χ2n) is 4.69. The van der Waals surface area contributed by atoms with E-state index in [1.54, 1.807) is 0 Å². The van der Waals surface area contributed by atoms with E-state index < -0.39 is 0 Å². The molecule has 2 heterocycles. The normalized spacial score (nSPS) is 21.8. The van der Waals surface area contributed by atoms with Gasteiger partial charge in [0, 0.05) is 37.6 Å². The molecule has 16 heavy (non-hydrogen) atoms. The molecule has 1 N–H and O–H groups in total. The topological polar surface area (TPSA) is 20.2 Å². The molecule has 1 atom stereocenters. The SMILES string of the molecule is CCn1cccc1CNCC1CCCN1C. The largest absolute Gasteiger partial charge is 0.351 e. The second-order valence-corrected chi connectivity index (χ2v) is 4.69. The van der Waals surface area contributed by atoms with Crippen LogP contribution in [0, 0.1) is 0 Å². The number of aryl methyl sites for hydroxylation is 1. The fraction of sp³-hybridized carbons (Fsp3) is 0.692. The molecule has 1 aromatic heterocycles. The van der Waals surface area contributed by atoms with Crippen LogP contribution in [0.5, 0.6) is 0 Å². The maximum absolute atomic E-state index is 3.57. The third-order valence-electron chi connectivity index (χ3n) is 3.62. The quantitative estimate of drug-likeness (QED) is 0.816. The predicted molar refractivity (Wildman–Crippen MR) is 67.5 cm³/mol. The van der Waals surface area contributed by atoms with E-state index in [1.165, 1.54) is 25.1 Å². The van der Waals surface area contributed by atoms with Gasteiger partial charge in [-0.15, -0.1) is 0 Å². The lowest BCUT2D eigenvalue weighted by Crippen LogP contribution is -2.35. The summed E-state index contributed by atoms with van der Waals surface area (Å²) in [7, 11) is 2.23. The maximum atomic E-state index is 3.57. The van der Waals surface area contributed by atoms with E-state index in [1.807, 2.05) is 0 Å². The number of nitrogens with zero attached hydrogens (tertiary/aromatic N) is 2. The van der Waals surface area contributed by atoms with E-state index in [2.05, 4.69) is 47.1 Å². The molecule has 1 unspecified atom stereocenters. The molecule has 0 amide bonds. The van der Waals surface area contributed by atoms with Crippen LogP contribution >= 0.6 is 0 Å². The van der Waals surface area contributed by atoms with Crippen LogP contribution in [0.3, 0.4) is 0 Å². The zero-order valence-corrected chi connectivity index (χ0v) is 10.4. The Hall–Kier alpha value is -0.800. The summed E-state index contributed by atoms with van der Waals surface area (Å²) in [4.78, 5) is 2.46. The maximum Gasteiger partial charge on any atom is 0.0359 e. The lowest BCUT2D eigenvalue weighted by molar-refractivity contribution is 0.299. The van der Waals surface area contributed by atoms with E-state index in [0.29, 0.717) is 0 Å². The van der Waals surface area contributed by atoms with Crippen LogP contribution < -0.4 is 5.32 Å². The summed E-state index contributed by atoms with van der Waals surface area (Å²) in [5.41, 5.74) is 1.39. The second kappa shape index (κ2) is 5.51. The highest BCUT2D eigenvalue weighted by Gasteiger charge is 2.19. The molecule has 0 saturated carbocycles. The van der Waals surface area contributed by atoms with E-state index in [4.69, 9.17) is 0 Å². The molecule has 1 saturated heterocycles. The number of aromatic nitrogens is 1. The van der Waals surface area contributed by atoms with Crippen molar-refractivity contribution in [1.29, 1.82) is 0 Å². The van der Waals surface area contributed by atoms with Gasteiger partial charge in [0.1, 0.15) is 0 Å². The van der Waals surface area contributed by atoms with Crippen LogP contribution in [0.15, 0.2) is 18.3 Å². The first kappa shape index (κ1) is 11.7. The van der Waals surface area contributed by atoms with Crippen molar-refractivity contribution >= 4 is 0 Å². The average molecular weight is 221 g/mol. The molecule has 2 rings (SSSR count). The van der Waals surface area contributed by atoms with Gasteiger partial charge in [-0.1, -0.05) is 0 Å².